The van der Waals surface area contributed by atoms with Crippen molar-refractivity contribution in [2.24, 2.45) is 10.1 Å². The summed E-state index contributed by atoms with van der Waals surface area (Å²) in [6.45, 7) is 6.08. The SMILES string of the molecule is CCCCC1=NN2C(=N)/C(=C\c3cc(C)n(-c4ccccc4Cl)c3C)C(=O)N=C2S1. The molecule has 0 fully saturated rings. The van der Waals surface area contributed by atoms with Crippen LogP contribution in [-0.2, 0) is 4.79 Å². The highest BCUT2D eigenvalue weighted by atomic mass is 35.5. The molecule has 154 valence electrons. The first-order chi connectivity index (χ1) is 14.4. The number of hydrogen-bond acceptors (Lipinski definition) is 4. The topological polar surface area (TPSA) is 73.8 Å². The Kier molecular flexibility index (Phi) is 5.66. The largest absolute Gasteiger partial charge is 0.316 e. The number of nitrogens with zero attached hydrogens (tertiary/aromatic N) is 4. The van der Waals surface area contributed by atoms with Crippen LogP contribution in [0, 0.1) is 19.3 Å². The number of halogens is 1. The number of amidine groups is 2. The van der Waals surface area contributed by atoms with Crippen LogP contribution in [0.15, 0.2) is 46.0 Å². The molecule has 0 bridgehead atoms. The maximum Gasteiger partial charge on any atom is 0.283 e. The lowest BCUT2D eigenvalue weighted by atomic mass is 10.1. The van der Waals surface area contributed by atoms with Crippen molar-refractivity contribution < 1.29 is 4.79 Å². The molecule has 1 aromatic carbocycles. The Labute approximate surface area is 184 Å². The van der Waals surface area contributed by atoms with E-state index in [1.165, 1.54) is 16.8 Å². The number of hydrazone groups is 1. The fraction of sp³-hybridized carbons (Fsp3) is 0.273. The zero-order valence-electron chi connectivity index (χ0n) is 17.1. The summed E-state index contributed by atoms with van der Waals surface area (Å²) in [5, 5.41) is 16.5. The first-order valence-electron chi connectivity index (χ1n) is 9.83. The van der Waals surface area contributed by atoms with E-state index in [1.54, 1.807) is 6.08 Å². The maximum atomic E-state index is 12.7. The standard InChI is InChI=1S/C22H22ClN5OS/c1-4-5-10-19-26-28-20(24)16(21(29)25-22(28)30-19)12-15-11-13(2)27(14(15)3)18-9-7-6-8-17(18)23/h6-9,11-12,24H,4-5,10H2,1-3H3/b16-12+,24-20?. The predicted octanol–water partition coefficient (Wildman–Crippen LogP) is 5.56. The molecule has 0 spiro atoms. The van der Waals surface area contributed by atoms with Crippen molar-refractivity contribution in [2.45, 2.75) is 40.0 Å². The molecule has 1 amide bonds. The molecule has 0 saturated heterocycles. The minimum absolute atomic E-state index is 0.0616. The molecule has 0 unspecified atom stereocenters. The monoisotopic (exact) mass is 439 g/mol. The van der Waals surface area contributed by atoms with Gasteiger partial charge in [-0.25, -0.2) is 0 Å². The molecular weight excluding hydrogens is 418 g/mol. The van der Waals surface area contributed by atoms with Crippen molar-refractivity contribution in [1.29, 1.82) is 5.41 Å². The molecule has 0 radical (unpaired) electrons. The number of carbonyl (C=O) groups excluding carboxylic acids is 1. The van der Waals surface area contributed by atoms with Crippen molar-refractivity contribution in [2.75, 3.05) is 0 Å². The molecule has 0 aliphatic carbocycles. The van der Waals surface area contributed by atoms with E-state index in [4.69, 9.17) is 17.0 Å². The van der Waals surface area contributed by atoms with Gasteiger partial charge in [0.2, 0.25) is 5.17 Å². The van der Waals surface area contributed by atoms with E-state index in [-0.39, 0.29) is 11.4 Å². The van der Waals surface area contributed by atoms with Gasteiger partial charge in [0.1, 0.15) is 5.04 Å². The highest BCUT2D eigenvalue weighted by Gasteiger charge is 2.35. The van der Waals surface area contributed by atoms with Gasteiger partial charge in [-0.2, -0.15) is 15.1 Å². The average Bonchev–Trinajstić information content (AvgIpc) is 3.24. The van der Waals surface area contributed by atoms with Gasteiger partial charge in [-0.15, -0.1) is 0 Å². The minimum atomic E-state index is -0.409. The van der Waals surface area contributed by atoms with Gasteiger partial charge in [0.25, 0.3) is 5.91 Å². The molecule has 3 heterocycles. The summed E-state index contributed by atoms with van der Waals surface area (Å²) >= 11 is 7.77. The zero-order valence-corrected chi connectivity index (χ0v) is 18.6. The molecule has 2 aliphatic heterocycles. The van der Waals surface area contributed by atoms with Crippen molar-refractivity contribution in [3.63, 3.8) is 0 Å². The fourth-order valence-corrected chi connectivity index (χ4v) is 4.70. The highest BCUT2D eigenvalue weighted by molar-refractivity contribution is 8.26. The number of fused-ring (bicyclic) bond motifs is 1. The number of rotatable bonds is 5. The molecule has 8 heteroatoms. The van der Waals surface area contributed by atoms with Crippen LogP contribution in [0.25, 0.3) is 11.8 Å². The van der Waals surface area contributed by atoms with Gasteiger partial charge in [-0.3, -0.25) is 10.2 Å². The van der Waals surface area contributed by atoms with Gasteiger partial charge in [0, 0.05) is 11.4 Å². The van der Waals surface area contributed by atoms with Gasteiger partial charge >= 0.3 is 0 Å². The van der Waals surface area contributed by atoms with E-state index >= 15 is 0 Å². The predicted molar refractivity (Wildman–Crippen MR) is 125 cm³/mol. The second kappa shape index (κ2) is 8.24. The third-order valence-corrected chi connectivity index (χ3v) is 6.39. The zero-order chi connectivity index (χ0) is 21.4. The van der Waals surface area contributed by atoms with Crippen molar-refractivity contribution in [1.82, 2.24) is 9.58 Å². The Morgan fingerprint density at radius 1 is 1.27 bits per heavy atom. The van der Waals surface area contributed by atoms with Crippen LogP contribution in [0.2, 0.25) is 5.02 Å². The number of aliphatic imine (C=N–C) groups is 1. The molecule has 2 aromatic rings. The Balaban J connectivity index is 1.70. The highest BCUT2D eigenvalue weighted by Crippen LogP contribution is 2.32. The lowest BCUT2D eigenvalue weighted by Gasteiger charge is -2.20. The van der Waals surface area contributed by atoms with Crippen LogP contribution in [0.3, 0.4) is 0 Å². The van der Waals surface area contributed by atoms with Crippen molar-refractivity contribution in [3.05, 3.63) is 57.9 Å². The van der Waals surface area contributed by atoms with Crippen molar-refractivity contribution in [3.8, 4) is 5.69 Å². The number of aryl methyl sites for hydroxylation is 1. The van der Waals surface area contributed by atoms with Crippen LogP contribution >= 0.6 is 23.4 Å². The van der Waals surface area contributed by atoms with E-state index in [0.29, 0.717) is 10.2 Å². The summed E-state index contributed by atoms with van der Waals surface area (Å²) in [5.74, 6) is -0.347. The van der Waals surface area contributed by atoms with Gasteiger partial charge in [0.05, 0.1) is 16.3 Å². The molecule has 1 aromatic heterocycles. The second-order valence-corrected chi connectivity index (χ2v) is 8.68. The number of benzene rings is 1. The first kappa shape index (κ1) is 20.6. The fourth-order valence-electron chi connectivity index (χ4n) is 3.55. The van der Waals surface area contributed by atoms with Crippen LogP contribution in [0.4, 0.5) is 0 Å². The second-order valence-electron chi connectivity index (χ2n) is 7.23. The van der Waals surface area contributed by atoms with Gasteiger partial charge in [-0.1, -0.05) is 37.1 Å². The Morgan fingerprint density at radius 3 is 2.77 bits per heavy atom. The maximum absolute atomic E-state index is 12.7. The minimum Gasteiger partial charge on any atom is -0.316 e. The normalized spacial score (nSPS) is 17.5. The number of hydrogen-bond donors (Lipinski definition) is 1. The van der Waals surface area contributed by atoms with Gasteiger partial charge in [0.15, 0.2) is 5.84 Å². The van der Waals surface area contributed by atoms with E-state index in [2.05, 4.69) is 17.0 Å². The molecule has 4 rings (SSSR count). The summed E-state index contributed by atoms with van der Waals surface area (Å²) in [4.78, 5) is 16.9. The van der Waals surface area contributed by atoms with E-state index in [1.807, 2.05) is 48.7 Å². The molecular formula is C22H22ClN5OS. The van der Waals surface area contributed by atoms with Crippen LogP contribution in [-0.4, -0.2) is 31.5 Å². The number of unbranched alkanes of at least 4 members (excludes halogenated alkanes) is 1. The summed E-state index contributed by atoms with van der Waals surface area (Å²) in [6, 6.07) is 9.62. The van der Waals surface area contributed by atoms with Crippen LogP contribution in [0.5, 0.6) is 0 Å². The molecule has 6 nitrogen and oxygen atoms in total. The van der Waals surface area contributed by atoms with Crippen LogP contribution < -0.4 is 0 Å². The Bertz CT molecular complexity index is 1140. The first-order valence-corrected chi connectivity index (χ1v) is 11.0. The lowest BCUT2D eigenvalue weighted by Crippen LogP contribution is -2.35. The molecule has 0 atom stereocenters. The molecule has 30 heavy (non-hydrogen) atoms. The number of amides is 1. The Hall–Kier alpha value is -2.64. The smallest absolute Gasteiger partial charge is 0.283 e. The third-order valence-electron chi connectivity index (χ3n) is 5.10. The van der Waals surface area contributed by atoms with E-state index in [9.17, 15) is 4.79 Å². The Morgan fingerprint density at radius 2 is 2.03 bits per heavy atom. The van der Waals surface area contributed by atoms with Gasteiger partial charge < -0.3 is 4.57 Å². The number of nitrogens with one attached hydrogen (secondary N) is 1. The molecule has 0 saturated carbocycles. The quantitative estimate of drug-likeness (QED) is 0.620. The third kappa shape index (κ3) is 3.63. The van der Waals surface area contributed by atoms with Crippen molar-refractivity contribution >= 4 is 51.4 Å². The summed E-state index contributed by atoms with van der Waals surface area (Å²) in [7, 11) is 0. The number of aromatic nitrogens is 1. The lowest BCUT2D eigenvalue weighted by molar-refractivity contribution is -0.114. The van der Waals surface area contributed by atoms with Crippen LogP contribution in [0.1, 0.15) is 43.1 Å². The van der Waals surface area contributed by atoms with Gasteiger partial charge in [-0.05, 0) is 68.3 Å². The average molecular weight is 440 g/mol. The number of carbonyl (C=O) groups is 1. The van der Waals surface area contributed by atoms with E-state index in [0.717, 1.165) is 46.9 Å². The molecule has 1 N–H and O–H groups in total. The molecule has 2 aliphatic rings. The summed E-state index contributed by atoms with van der Waals surface area (Å²) in [6.07, 6.45) is 4.64. The summed E-state index contributed by atoms with van der Waals surface area (Å²) in [5.41, 5.74) is 3.89. The number of para-hydroxylation sites is 1. The summed E-state index contributed by atoms with van der Waals surface area (Å²) < 4.78 is 2.05. The number of thioether (sulfide) groups is 1. The van der Waals surface area contributed by atoms with E-state index < -0.39 is 5.91 Å².